The summed E-state index contributed by atoms with van der Waals surface area (Å²) >= 11 is 1.21. The van der Waals surface area contributed by atoms with Crippen molar-refractivity contribution < 1.29 is 14.3 Å². The molecule has 1 aromatic rings. The highest BCUT2D eigenvalue weighted by atomic mass is 32.1. The average Bonchev–Trinajstić information content (AvgIpc) is 2.98. The van der Waals surface area contributed by atoms with Gasteiger partial charge >= 0.3 is 5.97 Å². The summed E-state index contributed by atoms with van der Waals surface area (Å²) in [5.41, 5.74) is 5.98. The second-order valence-electron chi connectivity index (χ2n) is 4.04. The molecule has 0 aromatic carbocycles. The zero-order chi connectivity index (χ0) is 12.4. The van der Waals surface area contributed by atoms with Gasteiger partial charge in [0.1, 0.15) is 4.88 Å². The molecule has 0 saturated heterocycles. The van der Waals surface area contributed by atoms with Crippen LogP contribution in [0.3, 0.4) is 0 Å². The smallest absolute Gasteiger partial charge is 0.351 e. The molecule has 0 bridgehead atoms. The first kappa shape index (κ1) is 11.9. The van der Waals surface area contributed by atoms with Crippen molar-refractivity contribution in [2.75, 3.05) is 5.73 Å². The van der Waals surface area contributed by atoms with Gasteiger partial charge in [0.15, 0.2) is 6.10 Å². The van der Waals surface area contributed by atoms with Gasteiger partial charge in [-0.05, 0) is 31.2 Å². The number of esters is 1. The van der Waals surface area contributed by atoms with Crippen molar-refractivity contribution >= 4 is 28.9 Å². The van der Waals surface area contributed by atoms with Gasteiger partial charge < -0.3 is 15.8 Å². The van der Waals surface area contributed by atoms with Gasteiger partial charge in [-0.2, -0.15) is 0 Å². The predicted molar refractivity (Wildman–Crippen MR) is 64.8 cm³/mol. The maximum Gasteiger partial charge on any atom is 0.351 e. The minimum atomic E-state index is -0.787. The fraction of sp³-hybridized carbons (Fsp3) is 0.455. The van der Waals surface area contributed by atoms with Gasteiger partial charge in [0.25, 0.3) is 5.91 Å². The second-order valence-corrected chi connectivity index (χ2v) is 4.95. The number of thiophene rings is 1. The van der Waals surface area contributed by atoms with E-state index in [1.54, 1.807) is 18.4 Å². The number of carbonyl (C=O) groups excluding carboxylic acids is 2. The molecule has 1 aliphatic rings. The molecule has 0 aliphatic heterocycles. The maximum absolute atomic E-state index is 11.7. The molecule has 0 spiro atoms. The third-order valence-corrected chi connectivity index (χ3v) is 3.37. The lowest BCUT2D eigenvalue weighted by molar-refractivity contribution is -0.129. The van der Waals surface area contributed by atoms with Crippen LogP contribution in [-0.2, 0) is 9.53 Å². The largest absolute Gasteiger partial charge is 0.448 e. The number of hydrogen-bond donors (Lipinski definition) is 2. The molecule has 1 heterocycles. The van der Waals surface area contributed by atoms with Crippen LogP contribution < -0.4 is 11.1 Å². The third kappa shape index (κ3) is 2.97. The number of rotatable bonds is 4. The summed E-state index contributed by atoms with van der Waals surface area (Å²) in [7, 11) is 0. The summed E-state index contributed by atoms with van der Waals surface area (Å²) in [5, 5.41) is 4.48. The van der Waals surface area contributed by atoms with E-state index >= 15 is 0 Å². The van der Waals surface area contributed by atoms with Crippen LogP contribution in [-0.4, -0.2) is 24.0 Å². The van der Waals surface area contributed by atoms with E-state index < -0.39 is 12.1 Å². The van der Waals surface area contributed by atoms with Crippen LogP contribution in [0.2, 0.25) is 0 Å². The number of ether oxygens (including phenoxy) is 1. The number of nitrogen functional groups attached to an aromatic ring is 1. The first-order chi connectivity index (χ1) is 8.08. The second kappa shape index (κ2) is 4.75. The standard InChI is InChI=1S/C11H14N2O3S/c1-6(10(14)13-7-2-3-7)16-11(15)9-8(12)4-5-17-9/h4-7H,2-3,12H2,1H3,(H,13,14). The Morgan fingerprint density at radius 1 is 1.59 bits per heavy atom. The molecule has 2 rings (SSSR count). The van der Waals surface area contributed by atoms with Crippen LogP contribution in [0.5, 0.6) is 0 Å². The molecule has 1 atom stereocenters. The molecule has 0 radical (unpaired) electrons. The average molecular weight is 254 g/mol. The Morgan fingerprint density at radius 2 is 2.29 bits per heavy atom. The molecule has 1 saturated carbocycles. The van der Waals surface area contributed by atoms with E-state index in [4.69, 9.17) is 10.5 Å². The fourth-order valence-corrected chi connectivity index (χ4v) is 2.00. The summed E-state index contributed by atoms with van der Waals surface area (Å²) in [6, 6.07) is 1.89. The van der Waals surface area contributed by atoms with E-state index in [1.165, 1.54) is 11.3 Å². The Balaban J connectivity index is 1.89. The Hall–Kier alpha value is -1.56. The van der Waals surface area contributed by atoms with E-state index in [1.807, 2.05) is 0 Å². The number of hydrogen-bond acceptors (Lipinski definition) is 5. The SMILES string of the molecule is CC(OC(=O)c1sccc1N)C(=O)NC1CC1. The van der Waals surface area contributed by atoms with Gasteiger partial charge in [-0.15, -0.1) is 11.3 Å². The summed E-state index contributed by atoms with van der Waals surface area (Å²) in [6.45, 7) is 1.55. The molecule has 1 amide bonds. The quantitative estimate of drug-likeness (QED) is 0.790. The normalized spacial score (nSPS) is 16.3. The molecule has 1 unspecified atom stereocenters. The highest BCUT2D eigenvalue weighted by Crippen LogP contribution is 2.21. The minimum absolute atomic E-state index is 0.254. The lowest BCUT2D eigenvalue weighted by atomic mass is 10.3. The molecule has 3 N–H and O–H groups in total. The first-order valence-electron chi connectivity index (χ1n) is 5.42. The minimum Gasteiger partial charge on any atom is -0.448 e. The van der Waals surface area contributed by atoms with Gasteiger partial charge in [-0.25, -0.2) is 4.79 Å². The van der Waals surface area contributed by atoms with Crippen molar-refractivity contribution in [1.82, 2.24) is 5.32 Å². The van der Waals surface area contributed by atoms with Gasteiger partial charge in [-0.3, -0.25) is 4.79 Å². The van der Waals surface area contributed by atoms with Crippen LogP contribution in [0.25, 0.3) is 0 Å². The molecular weight excluding hydrogens is 240 g/mol. The Labute approximate surface area is 103 Å². The van der Waals surface area contributed by atoms with Crippen LogP contribution >= 0.6 is 11.3 Å². The molecule has 1 aromatic heterocycles. The summed E-state index contributed by atoms with van der Waals surface area (Å²) in [4.78, 5) is 23.6. The van der Waals surface area contributed by atoms with Crippen molar-refractivity contribution in [1.29, 1.82) is 0 Å². The van der Waals surface area contributed by atoms with Crippen LogP contribution in [0.4, 0.5) is 5.69 Å². The van der Waals surface area contributed by atoms with E-state index in [0.29, 0.717) is 10.6 Å². The van der Waals surface area contributed by atoms with Crippen molar-refractivity contribution in [3.63, 3.8) is 0 Å². The molecule has 1 aliphatic carbocycles. The van der Waals surface area contributed by atoms with Crippen LogP contribution in [0, 0.1) is 0 Å². The van der Waals surface area contributed by atoms with E-state index in [-0.39, 0.29) is 11.9 Å². The predicted octanol–water partition coefficient (Wildman–Crippen LogP) is 1.15. The van der Waals surface area contributed by atoms with Gasteiger partial charge in [0, 0.05) is 6.04 Å². The molecule has 17 heavy (non-hydrogen) atoms. The Bertz CT molecular complexity index is 440. The summed E-state index contributed by atoms with van der Waals surface area (Å²) < 4.78 is 5.05. The molecule has 5 nitrogen and oxygen atoms in total. The topological polar surface area (TPSA) is 81.4 Å². The molecule has 92 valence electrons. The van der Waals surface area contributed by atoms with E-state index in [0.717, 1.165) is 12.8 Å². The monoisotopic (exact) mass is 254 g/mol. The van der Waals surface area contributed by atoms with Gasteiger partial charge in [0.2, 0.25) is 0 Å². The van der Waals surface area contributed by atoms with Gasteiger partial charge in [-0.1, -0.05) is 0 Å². The van der Waals surface area contributed by atoms with Crippen LogP contribution in [0.1, 0.15) is 29.4 Å². The Morgan fingerprint density at radius 3 is 2.82 bits per heavy atom. The third-order valence-electron chi connectivity index (χ3n) is 2.46. The van der Waals surface area contributed by atoms with Crippen molar-refractivity contribution in [2.45, 2.75) is 31.9 Å². The van der Waals surface area contributed by atoms with Crippen LogP contribution in [0.15, 0.2) is 11.4 Å². The van der Waals surface area contributed by atoms with Crippen molar-refractivity contribution in [2.24, 2.45) is 0 Å². The number of carbonyl (C=O) groups is 2. The van der Waals surface area contributed by atoms with Crippen molar-refractivity contribution in [3.8, 4) is 0 Å². The fourth-order valence-electron chi connectivity index (χ4n) is 1.30. The highest BCUT2D eigenvalue weighted by molar-refractivity contribution is 7.12. The lowest BCUT2D eigenvalue weighted by Crippen LogP contribution is -2.37. The summed E-state index contributed by atoms with van der Waals surface area (Å²) in [6.07, 6.45) is 1.22. The molecular formula is C11H14N2O3S. The zero-order valence-corrected chi connectivity index (χ0v) is 10.3. The van der Waals surface area contributed by atoms with E-state index in [2.05, 4.69) is 5.32 Å². The summed E-state index contributed by atoms with van der Waals surface area (Å²) in [5.74, 6) is -0.799. The van der Waals surface area contributed by atoms with E-state index in [9.17, 15) is 9.59 Å². The molecule has 6 heteroatoms. The number of nitrogens with one attached hydrogen (secondary N) is 1. The Kier molecular flexibility index (Phi) is 3.33. The van der Waals surface area contributed by atoms with Gasteiger partial charge in [0.05, 0.1) is 5.69 Å². The zero-order valence-electron chi connectivity index (χ0n) is 9.43. The number of nitrogens with two attached hydrogens (primary N) is 1. The maximum atomic E-state index is 11.7. The number of amides is 1. The highest BCUT2D eigenvalue weighted by Gasteiger charge is 2.27. The lowest BCUT2D eigenvalue weighted by Gasteiger charge is -2.12. The number of anilines is 1. The molecule has 1 fully saturated rings. The van der Waals surface area contributed by atoms with Crippen molar-refractivity contribution in [3.05, 3.63) is 16.3 Å². The first-order valence-corrected chi connectivity index (χ1v) is 6.30.